The van der Waals surface area contributed by atoms with E-state index in [0.717, 1.165) is 35.6 Å². The maximum Gasteiger partial charge on any atom is 0.256 e. The fourth-order valence-corrected chi connectivity index (χ4v) is 5.51. The molecule has 0 saturated carbocycles. The van der Waals surface area contributed by atoms with Gasteiger partial charge in [0.2, 0.25) is 0 Å². The number of nitriles is 1. The molecule has 0 spiro atoms. The number of nitrogens with zero attached hydrogens (tertiary/aromatic N) is 4. The Kier molecular flexibility index (Phi) is 7.91. The van der Waals surface area contributed by atoms with E-state index in [1.54, 1.807) is 0 Å². The van der Waals surface area contributed by atoms with Crippen molar-refractivity contribution in [2.24, 2.45) is 0 Å². The van der Waals surface area contributed by atoms with Gasteiger partial charge in [0.05, 0.1) is 29.5 Å². The minimum atomic E-state index is -1.85. The SMILES string of the molecule is CC(C)(C)[Si](C)(C)OCCn1ccc(C(=O)N2CCN(c3cccc(C#N)c3)CC2)c1-c1ccccc1. The highest BCUT2D eigenvalue weighted by atomic mass is 28.4. The van der Waals surface area contributed by atoms with Crippen molar-refractivity contribution in [1.82, 2.24) is 9.47 Å². The van der Waals surface area contributed by atoms with Gasteiger partial charge in [0.25, 0.3) is 5.91 Å². The summed E-state index contributed by atoms with van der Waals surface area (Å²) in [5.74, 6) is 0.0633. The average molecular weight is 515 g/mol. The zero-order chi connectivity index (χ0) is 26.6. The molecule has 1 aliphatic rings. The smallest absolute Gasteiger partial charge is 0.256 e. The summed E-state index contributed by atoms with van der Waals surface area (Å²) in [5.41, 5.74) is 4.41. The van der Waals surface area contributed by atoms with Crippen molar-refractivity contribution in [2.75, 3.05) is 37.7 Å². The maximum absolute atomic E-state index is 13.7. The van der Waals surface area contributed by atoms with Gasteiger partial charge in [-0.05, 0) is 48.0 Å². The van der Waals surface area contributed by atoms with Gasteiger partial charge in [-0.1, -0.05) is 57.2 Å². The van der Waals surface area contributed by atoms with Crippen LogP contribution >= 0.6 is 0 Å². The van der Waals surface area contributed by atoms with E-state index in [2.05, 4.69) is 61.5 Å². The van der Waals surface area contributed by atoms with Crippen molar-refractivity contribution >= 4 is 19.9 Å². The predicted octanol–water partition coefficient (Wildman–Crippen LogP) is 6.01. The molecule has 0 atom stereocenters. The molecule has 1 amide bonds. The third-order valence-corrected chi connectivity index (χ3v) is 12.3. The fraction of sp³-hybridized carbons (Fsp3) is 0.400. The van der Waals surface area contributed by atoms with Gasteiger partial charge in [-0.3, -0.25) is 4.79 Å². The second-order valence-corrected chi connectivity index (χ2v) is 16.0. The summed E-state index contributed by atoms with van der Waals surface area (Å²) in [7, 11) is -1.85. The summed E-state index contributed by atoms with van der Waals surface area (Å²) in [4.78, 5) is 17.9. The molecular formula is C30H38N4O2Si. The Balaban J connectivity index is 1.50. The molecule has 1 aromatic heterocycles. The first-order valence-corrected chi connectivity index (χ1v) is 15.9. The Hall–Kier alpha value is -3.34. The summed E-state index contributed by atoms with van der Waals surface area (Å²) < 4.78 is 8.61. The number of carbonyl (C=O) groups excluding carboxylic acids is 1. The zero-order valence-electron chi connectivity index (χ0n) is 22.7. The molecule has 194 valence electrons. The molecule has 0 radical (unpaired) electrons. The van der Waals surface area contributed by atoms with E-state index >= 15 is 0 Å². The second-order valence-electron chi connectivity index (χ2n) is 11.2. The number of amides is 1. The molecule has 2 aromatic carbocycles. The number of hydrogen-bond acceptors (Lipinski definition) is 4. The van der Waals surface area contributed by atoms with Crippen LogP contribution in [0.15, 0.2) is 66.9 Å². The van der Waals surface area contributed by atoms with Gasteiger partial charge in [0, 0.05) is 44.6 Å². The highest BCUT2D eigenvalue weighted by molar-refractivity contribution is 6.74. The van der Waals surface area contributed by atoms with Gasteiger partial charge in [-0.2, -0.15) is 5.26 Å². The van der Waals surface area contributed by atoms with Crippen molar-refractivity contribution in [3.8, 4) is 17.3 Å². The molecule has 4 rings (SSSR count). The molecule has 7 heteroatoms. The number of hydrogen-bond donors (Lipinski definition) is 0. The molecule has 3 aromatic rings. The quantitative estimate of drug-likeness (QED) is 0.362. The molecule has 1 fully saturated rings. The first-order valence-electron chi connectivity index (χ1n) is 13.0. The van der Waals surface area contributed by atoms with Crippen LogP contribution in [0, 0.1) is 11.3 Å². The van der Waals surface area contributed by atoms with Crippen LogP contribution in [0.2, 0.25) is 18.1 Å². The lowest BCUT2D eigenvalue weighted by Gasteiger charge is -2.36. The number of aromatic nitrogens is 1. The lowest BCUT2D eigenvalue weighted by molar-refractivity contribution is 0.0747. The van der Waals surface area contributed by atoms with Gasteiger partial charge in [0.1, 0.15) is 0 Å². The van der Waals surface area contributed by atoms with E-state index in [1.807, 2.05) is 59.6 Å². The summed E-state index contributed by atoms with van der Waals surface area (Å²) >= 11 is 0. The maximum atomic E-state index is 13.7. The molecule has 2 heterocycles. The monoisotopic (exact) mass is 514 g/mol. The van der Waals surface area contributed by atoms with Gasteiger partial charge in [-0.15, -0.1) is 0 Å². The van der Waals surface area contributed by atoms with Crippen molar-refractivity contribution < 1.29 is 9.22 Å². The Labute approximate surface area is 222 Å². The largest absolute Gasteiger partial charge is 0.415 e. The van der Waals surface area contributed by atoms with Crippen LogP contribution in [-0.2, 0) is 11.0 Å². The first kappa shape index (κ1) is 26.7. The van der Waals surface area contributed by atoms with Crippen LogP contribution in [-0.4, -0.2) is 56.5 Å². The molecule has 1 aliphatic heterocycles. The average Bonchev–Trinajstić information content (AvgIpc) is 3.32. The number of benzene rings is 2. The highest BCUT2D eigenvalue weighted by Crippen LogP contribution is 2.36. The summed E-state index contributed by atoms with van der Waals surface area (Å²) in [5, 5.41) is 9.38. The molecule has 6 nitrogen and oxygen atoms in total. The van der Waals surface area contributed by atoms with Crippen LogP contribution in [0.4, 0.5) is 5.69 Å². The van der Waals surface area contributed by atoms with Crippen molar-refractivity contribution in [1.29, 1.82) is 5.26 Å². The van der Waals surface area contributed by atoms with Crippen LogP contribution in [0.1, 0.15) is 36.7 Å². The normalized spacial score (nSPS) is 14.5. The zero-order valence-corrected chi connectivity index (χ0v) is 23.7. The molecule has 0 bridgehead atoms. The minimum absolute atomic E-state index is 0.0633. The predicted molar refractivity (Wildman–Crippen MR) is 152 cm³/mol. The second kappa shape index (κ2) is 11.0. The van der Waals surface area contributed by atoms with E-state index in [-0.39, 0.29) is 10.9 Å². The molecule has 0 N–H and O–H groups in total. The molecule has 1 saturated heterocycles. The Morgan fingerprint density at radius 3 is 2.35 bits per heavy atom. The minimum Gasteiger partial charge on any atom is -0.415 e. The van der Waals surface area contributed by atoms with Gasteiger partial charge >= 0.3 is 0 Å². The number of piperazine rings is 1. The molecule has 0 aliphatic carbocycles. The topological polar surface area (TPSA) is 61.5 Å². The Morgan fingerprint density at radius 1 is 1.00 bits per heavy atom. The van der Waals surface area contributed by atoms with Crippen LogP contribution < -0.4 is 4.90 Å². The summed E-state index contributed by atoms with van der Waals surface area (Å²) in [6.45, 7) is 15.4. The van der Waals surface area contributed by atoms with Crippen LogP contribution in [0.5, 0.6) is 0 Å². The van der Waals surface area contributed by atoms with Crippen LogP contribution in [0.25, 0.3) is 11.3 Å². The highest BCUT2D eigenvalue weighted by Gasteiger charge is 2.37. The van der Waals surface area contributed by atoms with Crippen molar-refractivity contribution in [3.05, 3.63) is 78.0 Å². The summed E-state index contributed by atoms with van der Waals surface area (Å²) in [6.07, 6.45) is 2.02. The van der Waals surface area contributed by atoms with Gasteiger partial charge < -0.3 is 18.8 Å². The number of rotatable bonds is 7. The van der Waals surface area contributed by atoms with Crippen LogP contribution in [0.3, 0.4) is 0 Å². The van der Waals surface area contributed by atoms with E-state index < -0.39 is 8.32 Å². The van der Waals surface area contributed by atoms with E-state index in [4.69, 9.17) is 4.43 Å². The molecule has 0 unspecified atom stereocenters. The Morgan fingerprint density at radius 2 is 1.70 bits per heavy atom. The number of carbonyl (C=O) groups is 1. The van der Waals surface area contributed by atoms with E-state index in [1.165, 1.54) is 0 Å². The lowest BCUT2D eigenvalue weighted by atomic mass is 10.1. The van der Waals surface area contributed by atoms with Crippen molar-refractivity contribution in [2.45, 2.75) is 45.4 Å². The summed E-state index contributed by atoms with van der Waals surface area (Å²) in [6, 6.07) is 22.0. The van der Waals surface area contributed by atoms with Crippen molar-refractivity contribution in [3.63, 3.8) is 0 Å². The third-order valence-electron chi connectivity index (χ3n) is 7.75. The van der Waals surface area contributed by atoms with E-state index in [0.29, 0.717) is 31.8 Å². The van der Waals surface area contributed by atoms with Gasteiger partial charge in [-0.25, -0.2) is 0 Å². The molecular weight excluding hydrogens is 476 g/mol. The third kappa shape index (κ3) is 5.98. The fourth-order valence-electron chi connectivity index (χ4n) is 4.47. The molecule has 37 heavy (non-hydrogen) atoms. The van der Waals surface area contributed by atoms with Gasteiger partial charge in [0.15, 0.2) is 8.32 Å². The lowest BCUT2D eigenvalue weighted by Crippen LogP contribution is -2.48. The van der Waals surface area contributed by atoms with E-state index in [9.17, 15) is 10.1 Å². The Bertz CT molecular complexity index is 1260. The first-order chi connectivity index (χ1) is 17.6. The standard InChI is InChI=1S/C30H38N4O2Si/c1-30(2,3)37(4,5)36-21-20-33-15-14-27(28(33)25-11-7-6-8-12-25)29(35)34-18-16-32(17-19-34)26-13-9-10-24(22-26)23-31/h6-15,22H,16-21H2,1-5H3. The number of anilines is 1.